The third-order valence-electron chi connectivity index (χ3n) is 3.86. The summed E-state index contributed by atoms with van der Waals surface area (Å²) in [7, 11) is 0. The van der Waals surface area contributed by atoms with Crippen LogP contribution in [0.4, 0.5) is 9.59 Å². The molecule has 1 rings (SSSR count). The molecule has 0 atom stereocenters. The van der Waals surface area contributed by atoms with Crippen LogP contribution in [0.15, 0.2) is 0 Å². The predicted molar refractivity (Wildman–Crippen MR) is 97.8 cm³/mol. The molecule has 26 heavy (non-hydrogen) atoms. The van der Waals surface area contributed by atoms with Gasteiger partial charge in [-0.3, -0.25) is 4.79 Å². The van der Waals surface area contributed by atoms with Crippen LogP contribution in [0.2, 0.25) is 0 Å². The second kappa shape index (κ2) is 10.9. The number of carbonyl (C=O) groups is 3. The number of nitrogens with zero attached hydrogens (tertiary/aromatic N) is 1. The Balaban J connectivity index is 2.17. The molecule has 1 aliphatic heterocycles. The molecule has 8 nitrogen and oxygen atoms in total. The van der Waals surface area contributed by atoms with Crippen molar-refractivity contribution in [3.8, 4) is 0 Å². The zero-order chi connectivity index (χ0) is 19.6. The van der Waals surface area contributed by atoms with Crippen molar-refractivity contribution in [3.63, 3.8) is 0 Å². The highest BCUT2D eigenvalue weighted by Crippen LogP contribution is 2.12. The largest absolute Gasteiger partial charge is 0.449 e. The highest BCUT2D eigenvalue weighted by molar-refractivity contribution is 5.77. The summed E-state index contributed by atoms with van der Waals surface area (Å²) in [5, 5.41) is 5.51. The van der Waals surface area contributed by atoms with Gasteiger partial charge in [0.15, 0.2) is 0 Å². The number of piperidine rings is 1. The summed E-state index contributed by atoms with van der Waals surface area (Å²) in [5.74, 6) is -0.120. The van der Waals surface area contributed by atoms with Crippen molar-refractivity contribution in [2.45, 2.75) is 71.4 Å². The van der Waals surface area contributed by atoms with Gasteiger partial charge in [-0.2, -0.15) is 0 Å². The zero-order valence-corrected chi connectivity index (χ0v) is 16.4. The maximum Gasteiger partial charge on any atom is 0.409 e. The van der Waals surface area contributed by atoms with Crippen molar-refractivity contribution >= 4 is 18.1 Å². The maximum atomic E-state index is 12.0. The molecule has 1 heterocycles. The molecule has 1 saturated heterocycles. The Kier molecular flexibility index (Phi) is 9.23. The van der Waals surface area contributed by atoms with Crippen LogP contribution in [0, 0.1) is 0 Å². The van der Waals surface area contributed by atoms with E-state index in [1.54, 1.807) is 25.7 Å². The first-order valence-electron chi connectivity index (χ1n) is 9.39. The molecule has 0 aromatic heterocycles. The molecule has 3 amide bonds. The third kappa shape index (κ3) is 9.48. The van der Waals surface area contributed by atoms with Gasteiger partial charge >= 0.3 is 12.2 Å². The van der Waals surface area contributed by atoms with Gasteiger partial charge in [0, 0.05) is 32.1 Å². The number of unbranched alkanes of at least 4 members (excludes halogenated alkanes) is 1. The van der Waals surface area contributed by atoms with Gasteiger partial charge in [0.2, 0.25) is 5.91 Å². The van der Waals surface area contributed by atoms with Crippen LogP contribution in [0.25, 0.3) is 0 Å². The first-order chi connectivity index (χ1) is 12.2. The molecule has 150 valence electrons. The van der Waals surface area contributed by atoms with E-state index in [0.717, 1.165) is 12.8 Å². The SMILES string of the molecule is CCCCOC(=O)N1CCC(NC(=O)CCNC(=O)OC(C)(C)C)CC1. The number of carbonyl (C=O) groups excluding carboxylic acids is 3. The topological polar surface area (TPSA) is 97.0 Å². The quantitative estimate of drug-likeness (QED) is 0.670. The number of nitrogens with one attached hydrogen (secondary N) is 2. The molecule has 2 N–H and O–H groups in total. The second-order valence-corrected chi connectivity index (χ2v) is 7.48. The standard InChI is InChI=1S/C18H33N3O5/c1-5-6-13-25-17(24)21-11-8-14(9-12-21)20-15(22)7-10-19-16(23)26-18(2,3)4/h14H,5-13H2,1-4H3,(H,19,23)(H,20,22). The average Bonchev–Trinajstić information content (AvgIpc) is 2.54. The van der Waals surface area contributed by atoms with E-state index in [1.165, 1.54) is 0 Å². The van der Waals surface area contributed by atoms with E-state index in [1.807, 2.05) is 6.92 Å². The van der Waals surface area contributed by atoms with Crippen molar-refractivity contribution in [1.82, 2.24) is 15.5 Å². The van der Waals surface area contributed by atoms with Crippen LogP contribution < -0.4 is 10.6 Å². The van der Waals surface area contributed by atoms with Gasteiger partial charge in [0.05, 0.1) is 6.61 Å². The van der Waals surface area contributed by atoms with Crippen molar-refractivity contribution in [3.05, 3.63) is 0 Å². The zero-order valence-electron chi connectivity index (χ0n) is 16.4. The molecule has 8 heteroatoms. The molecular weight excluding hydrogens is 338 g/mol. The lowest BCUT2D eigenvalue weighted by Gasteiger charge is -2.31. The number of hydrogen-bond donors (Lipinski definition) is 2. The molecule has 1 aliphatic rings. The predicted octanol–water partition coefficient (Wildman–Crippen LogP) is 2.42. The van der Waals surface area contributed by atoms with Crippen LogP contribution in [0.3, 0.4) is 0 Å². The minimum atomic E-state index is -0.558. The number of rotatable bonds is 7. The fraction of sp³-hybridized carbons (Fsp3) is 0.833. The molecule has 0 saturated carbocycles. The Labute approximate surface area is 156 Å². The van der Waals surface area contributed by atoms with Crippen LogP contribution in [-0.2, 0) is 14.3 Å². The Bertz CT molecular complexity index is 468. The summed E-state index contributed by atoms with van der Waals surface area (Å²) in [6.45, 7) is 9.23. The van der Waals surface area contributed by atoms with Gasteiger partial charge in [-0.25, -0.2) is 9.59 Å². The Hall–Kier alpha value is -1.99. The Morgan fingerprint density at radius 3 is 2.38 bits per heavy atom. The second-order valence-electron chi connectivity index (χ2n) is 7.48. The van der Waals surface area contributed by atoms with Crippen LogP contribution in [-0.4, -0.2) is 60.9 Å². The van der Waals surface area contributed by atoms with E-state index in [0.29, 0.717) is 32.5 Å². The van der Waals surface area contributed by atoms with Crippen molar-refractivity contribution in [1.29, 1.82) is 0 Å². The van der Waals surface area contributed by atoms with Crippen LogP contribution in [0.5, 0.6) is 0 Å². The lowest BCUT2D eigenvalue weighted by atomic mass is 10.1. The van der Waals surface area contributed by atoms with Gasteiger partial charge in [0.1, 0.15) is 5.60 Å². The molecular formula is C18H33N3O5. The Morgan fingerprint density at radius 1 is 1.15 bits per heavy atom. The smallest absolute Gasteiger partial charge is 0.409 e. The summed E-state index contributed by atoms with van der Waals surface area (Å²) in [6.07, 6.45) is 2.66. The fourth-order valence-corrected chi connectivity index (χ4v) is 2.49. The number of amides is 3. The van der Waals surface area contributed by atoms with Crippen molar-refractivity contribution in [2.75, 3.05) is 26.2 Å². The van der Waals surface area contributed by atoms with Crippen LogP contribution in [0.1, 0.15) is 59.8 Å². The molecule has 0 aromatic rings. The number of likely N-dealkylation sites (tertiary alicyclic amines) is 1. The first-order valence-corrected chi connectivity index (χ1v) is 9.39. The number of alkyl carbamates (subject to hydrolysis) is 1. The molecule has 0 spiro atoms. The minimum absolute atomic E-state index is 0.0451. The first kappa shape index (κ1) is 22.1. The maximum absolute atomic E-state index is 12.0. The summed E-state index contributed by atoms with van der Waals surface area (Å²) >= 11 is 0. The highest BCUT2D eigenvalue weighted by atomic mass is 16.6. The highest BCUT2D eigenvalue weighted by Gasteiger charge is 2.24. The fourth-order valence-electron chi connectivity index (χ4n) is 2.49. The van der Waals surface area contributed by atoms with Gasteiger partial charge in [-0.15, -0.1) is 0 Å². The molecule has 0 aromatic carbocycles. The van der Waals surface area contributed by atoms with Gasteiger partial charge in [-0.05, 0) is 40.0 Å². The van der Waals surface area contributed by atoms with E-state index in [4.69, 9.17) is 9.47 Å². The van der Waals surface area contributed by atoms with Gasteiger partial charge in [-0.1, -0.05) is 13.3 Å². The minimum Gasteiger partial charge on any atom is -0.449 e. The van der Waals surface area contributed by atoms with Crippen molar-refractivity contribution < 1.29 is 23.9 Å². The monoisotopic (exact) mass is 371 g/mol. The third-order valence-corrected chi connectivity index (χ3v) is 3.86. The van der Waals surface area contributed by atoms with Crippen LogP contribution >= 0.6 is 0 Å². The van der Waals surface area contributed by atoms with E-state index >= 15 is 0 Å². The Morgan fingerprint density at radius 2 is 1.81 bits per heavy atom. The van der Waals surface area contributed by atoms with E-state index in [-0.39, 0.29) is 31.0 Å². The molecule has 0 unspecified atom stereocenters. The average molecular weight is 371 g/mol. The summed E-state index contributed by atoms with van der Waals surface area (Å²) in [4.78, 5) is 37.0. The number of ether oxygens (including phenoxy) is 2. The van der Waals surface area contributed by atoms with E-state index in [2.05, 4.69) is 10.6 Å². The van der Waals surface area contributed by atoms with Crippen molar-refractivity contribution in [2.24, 2.45) is 0 Å². The molecule has 0 aliphatic carbocycles. The summed E-state index contributed by atoms with van der Waals surface area (Å²) in [5.41, 5.74) is -0.558. The molecule has 1 fully saturated rings. The lowest BCUT2D eigenvalue weighted by Crippen LogP contribution is -2.47. The molecule has 0 radical (unpaired) electrons. The number of hydrogen-bond acceptors (Lipinski definition) is 5. The summed E-state index contributed by atoms with van der Waals surface area (Å²) in [6, 6.07) is 0.0451. The van der Waals surface area contributed by atoms with Gasteiger partial charge < -0.3 is 25.0 Å². The summed E-state index contributed by atoms with van der Waals surface area (Å²) < 4.78 is 10.3. The van der Waals surface area contributed by atoms with E-state index < -0.39 is 11.7 Å². The molecule has 0 bridgehead atoms. The normalized spacial score (nSPS) is 15.3. The van der Waals surface area contributed by atoms with Gasteiger partial charge in [0.25, 0.3) is 0 Å². The van der Waals surface area contributed by atoms with E-state index in [9.17, 15) is 14.4 Å². The lowest BCUT2D eigenvalue weighted by molar-refractivity contribution is -0.121.